The third kappa shape index (κ3) is 2.96. The van der Waals surface area contributed by atoms with Gasteiger partial charge in [0.25, 0.3) is 0 Å². The summed E-state index contributed by atoms with van der Waals surface area (Å²) in [4.78, 5) is 13.2. The van der Waals surface area contributed by atoms with Gasteiger partial charge in [0.1, 0.15) is 5.00 Å². The van der Waals surface area contributed by atoms with Crippen molar-refractivity contribution >= 4 is 39.6 Å². The third-order valence-electron chi connectivity index (χ3n) is 2.94. The van der Waals surface area contributed by atoms with Crippen LogP contribution < -0.4 is 10.6 Å². The maximum Gasteiger partial charge on any atom is 0.341 e. The summed E-state index contributed by atoms with van der Waals surface area (Å²) < 4.78 is 4.87. The van der Waals surface area contributed by atoms with E-state index < -0.39 is 0 Å². The van der Waals surface area contributed by atoms with Crippen LogP contribution in [0.15, 0.2) is 12.7 Å². The van der Waals surface area contributed by atoms with Gasteiger partial charge in [-0.3, -0.25) is 0 Å². The van der Waals surface area contributed by atoms with Crippen molar-refractivity contribution in [2.24, 2.45) is 0 Å². The molecule has 0 unspecified atom stereocenters. The lowest BCUT2D eigenvalue weighted by molar-refractivity contribution is 0.0601. The molecule has 0 saturated heterocycles. The van der Waals surface area contributed by atoms with Gasteiger partial charge in [-0.2, -0.15) is 0 Å². The van der Waals surface area contributed by atoms with E-state index in [1.165, 1.54) is 12.0 Å². The number of ether oxygens (including phenoxy) is 1. The van der Waals surface area contributed by atoms with Crippen LogP contribution in [0.2, 0.25) is 0 Å². The normalized spacial score (nSPS) is 12.7. The number of hydrogen-bond acceptors (Lipinski definition) is 4. The topological polar surface area (TPSA) is 50.4 Å². The molecule has 0 saturated carbocycles. The number of thiocarbonyl (C=S) groups is 1. The minimum atomic E-state index is -0.298. The predicted molar refractivity (Wildman–Crippen MR) is 82.1 cm³/mol. The number of carbonyl (C=O) groups is 1. The maximum absolute atomic E-state index is 11.9. The van der Waals surface area contributed by atoms with Crippen molar-refractivity contribution in [3.63, 3.8) is 0 Å². The van der Waals surface area contributed by atoms with Crippen LogP contribution in [0.25, 0.3) is 0 Å². The number of nitrogens with one attached hydrogen (secondary N) is 2. The molecule has 0 aromatic carbocycles. The minimum Gasteiger partial charge on any atom is -0.465 e. The van der Waals surface area contributed by atoms with Gasteiger partial charge in [0.15, 0.2) is 5.11 Å². The van der Waals surface area contributed by atoms with E-state index in [2.05, 4.69) is 17.2 Å². The Morgan fingerprint density at radius 2 is 2.37 bits per heavy atom. The summed E-state index contributed by atoms with van der Waals surface area (Å²) in [6, 6.07) is 0. The van der Waals surface area contributed by atoms with E-state index >= 15 is 0 Å². The van der Waals surface area contributed by atoms with Gasteiger partial charge in [0.2, 0.25) is 0 Å². The summed E-state index contributed by atoms with van der Waals surface area (Å²) >= 11 is 6.76. The minimum absolute atomic E-state index is 0.298. The first-order valence-corrected chi connectivity index (χ1v) is 7.28. The fourth-order valence-corrected chi connectivity index (χ4v) is 3.65. The SMILES string of the molecule is C=CCNC(=S)Nc1sc2c(c1C(=O)OC)CCC2. The molecule has 0 fully saturated rings. The molecule has 1 aromatic heterocycles. The number of fused-ring (bicyclic) bond motifs is 1. The highest BCUT2D eigenvalue weighted by molar-refractivity contribution is 7.80. The average molecular weight is 296 g/mol. The van der Waals surface area contributed by atoms with Crippen molar-refractivity contribution in [3.8, 4) is 0 Å². The molecule has 102 valence electrons. The summed E-state index contributed by atoms with van der Waals surface area (Å²) in [7, 11) is 1.40. The predicted octanol–water partition coefficient (Wildman–Crippen LogP) is 2.50. The first-order chi connectivity index (χ1) is 9.17. The van der Waals surface area contributed by atoms with Gasteiger partial charge in [-0.25, -0.2) is 4.79 Å². The standard InChI is InChI=1S/C13H16N2O2S2/c1-3-7-14-13(18)15-11-10(12(16)17-2)8-5-4-6-9(8)19-11/h3H,1,4-7H2,2H3,(H2,14,15,18). The highest BCUT2D eigenvalue weighted by atomic mass is 32.1. The first-order valence-electron chi connectivity index (χ1n) is 6.06. The fraction of sp³-hybridized carbons (Fsp3) is 0.385. The lowest BCUT2D eigenvalue weighted by Crippen LogP contribution is -2.28. The summed E-state index contributed by atoms with van der Waals surface area (Å²) in [5.74, 6) is -0.298. The lowest BCUT2D eigenvalue weighted by atomic mass is 10.1. The molecule has 1 aliphatic carbocycles. The number of carbonyl (C=O) groups excluding carboxylic acids is 1. The van der Waals surface area contributed by atoms with Crippen LogP contribution in [0, 0.1) is 0 Å². The third-order valence-corrected chi connectivity index (χ3v) is 4.40. The molecular weight excluding hydrogens is 280 g/mol. The van der Waals surface area contributed by atoms with E-state index in [0.717, 1.165) is 29.8 Å². The van der Waals surface area contributed by atoms with Crippen molar-refractivity contribution in [1.29, 1.82) is 0 Å². The molecular formula is C13H16N2O2S2. The van der Waals surface area contributed by atoms with Crippen LogP contribution in [-0.4, -0.2) is 24.7 Å². The van der Waals surface area contributed by atoms with Gasteiger partial charge in [0, 0.05) is 11.4 Å². The second-order valence-electron chi connectivity index (χ2n) is 4.18. The van der Waals surface area contributed by atoms with Crippen molar-refractivity contribution in [1.82, 2.24) is 5.32 Å². The quantitative estimate of drug-likeness (QED) is 0.508. The van der Waals surface area contributed by atoms with E-state index in [9.17, 15) is 4.79 Å². The van der Waals surface area contributed by atoms with Gasteiger partial charge in [-0.05, 0) is 37.0 Å². The van der Waals surface area contributed by atoms with Crippen LogP contribution in [0.1, 0.15) is 27.2 Å². The molecule has 0 spiro atoms. The highest BCUT2D eigenvalue weighted by Crippen LogP contribution is 2.39. The van der Waals surface area contributed by atoms with Gasteiger partial charge in [-0.1, -0.05) is 6.08 Å². The van der Waals surface area contributed by atoms with Gasteiger partial charge in [0.05, 0.1) is 12.7 Å². The second kappa shape index (κ2) is 6.16. The van der Waals surface area contributed by atoms with E-state index in [0.29, 0.717) is 17.2 Å². The lowest BCUT2D eigenvalue weighted by Gasteiger charge is -2.09. The Morgan fingerprint density at radius 3 is 3.05 bits per heavy atom. The molecule has 19 heavy (non-hydrogen) atoms. The summed E-state index contributed by atoms with van der Waals surface area (Å²) in [5, 5.41) is 7.33. The van der Waals surface area contributed by atoms with E-state index in [4.69, 9.17) is 17.0 Å². The molecule has 0 aliphatic heterocycles. The van der Waals surface area contributed by atoms with Gasteiger partial charge >= 0.3 is 5.97 Å². The smallest absolute Gasteiger partial charge is 0.341 e. The van der Waals surface area contributed by atoms with E-state index in [1.54, 1.807) is 17.4 Å². The van der Waals surface area contributed by atoms with Crippen molar-refractivity contribution < 1.29 is 9.53 Å². The Labute approximate surface area is 121 Å². The summed E-state index contributed by atoms with van der Waals surface area (Å²) in [5.41, 5.74) is 1.76. The summed E-state index contributed by atoms with van der Waals surface area (Å²) in [6.45, 7) is 4.21. The number of anilines is 1. The Hall–Kier alpha value is -1.40. The van der Waals surface area contributed by atoms with Crippen LogP contribution in [0.5, 0.6) is 0 Å². The monoisotopic (exact) mass is 296 g/mol. The zero-order chi connectivity index (χ0) is 13.8. The van der Waals surface area contributed by atoms with Gasteiger partial charge < -0.3 is 15.4 Å². The molecule has 0 atom stereocenters. The zero-order valence-electron chi connectivity index (χ0n) is 10.7. The fourth-order valence-electron chi connectivity index (χ4n) is 2.12. The number of hydrogen-bond donors (Lipinski definition) is 2. The van der Waals surface area contributed by atoms with Crippen molar-refractivity contribution in [3.05, 3.63) is 28.7 Å². The molecule has 2 rings (SSSR count). The Morgan fingerprint density at radius 1 is 1.58 bits per heavy atom. The van der Waals surface area contributed by atoms with Gasteiger partial charge in [-0.15, -0.1) is 17.9 Å². The van der Waals surface area contributed by atoms with Crippen LogP contribution in [0.4, 0.5) is 5.00 Å². The van der Waals surface area contributed by atoms with Crippen LogP contribution >= 0.6 is 23.6 Å². The number of aryl methyl sites for hydroxylation is 1. The van der Waals surface area contributed by atoms with Crippen molar-refractivity contribution in [2.45, 2.75) is 19.3 Å². The molecule has 1 aliphatic rings. The Kier molecular flexibility index (Phi) is 4.55. The van der Waals surface area contributed by atoms with E-state index in [-0.39, 0.29) is 5.97 Å². The molecule has 2 N–H and O–H groups in total. The molecule has 0 bridgehead atoms. The first kappa shape index (κ1) is 14.0. The Balaban J connectivity index is 2.22. The number of methoxy groups -OCH3 is 1. The van der Waals surface area contributed by atoms with Crippen molar-refractivity contribution in [2.75, 3.05) is 19.0 Å². The molecule has 0 amide bonds. The molecule has 0 radical (unpaired) electrons. The molecule has 1 aromatic rings. The molecule has 1 heterocycles. The maximum atomic E-state index is 11.9. The number of rotatable bonds is 4. The molecule has 4 nitrogen and oxygen atoms in total. The number of esters is 1. The molecule has 6 heteroatoms. The number of thiophene rings is 1. The highest BCUT2D eigenvalue weighted by Gasteiger charge is 2.27. The second-order valence-corrected chi connectivity index (χ2v) is 5.69. The Bertz CT molecular complexity index is 523. The van der Waals surface area contributed by atoms with E-state index in [1.807, 2.05) is 0 Å². The van der Waals surface area contributed by atoms with Crippen LogP contribution in [-0.2, 0) is 17.6 Å². The zero-order valence-corrected chi connectivity index (χ0v) is 12.4. The summed E-state index contributed by atoms with van der Waals surface area (Å²) in [6.07, 6.45) is 4.79. The average Bonchev–Trinajstić information content (AvgIpc) is 2.95. The largest absolute Gasteiger partial charge is 0.465 e. The van der Waals surface area contributed by atoms with Crippen LogP contribution in [0.3, 0.4) is 0 Å².